The third-order valence-electron chi connectivity index (χ3n) is 3.29. The van der Waals surface area contributed by atoms with Crippen LogP contribution in [0.5, 0.6) is 11.5 Å². The molecular weight excluding hydrogens is 188 g/mol. The van der Waals surface area contributed by atoms with Crippen LogP contribution in [0.15, 0.2) is 12.1 Å². The first-order chi connectivity index (χ1) is 7.17. The van der Waals surface area contributed by atoms with Crippen molar-refractivity contribution < 1.29 is 9.47 Å². The van der Waals surface area contributed by atoms with Crippen molar-refractivity contribution in [3.8, 4) is 11.5 Å². The van der Waals surface area contributed by atoms with Gasteiger partial charge in [0.15, 0.2) is 11.5 Å². The van der Waals surface area contributed by atoms with Crippen molar-refractivity contribution >= 4 is 0 Å². The largest absolute Gasteiger partial charge is 0.493 e. The number of ether oxygens (including phenoxy) is 2. The number of benzene rings is 1. The summed E-state index contributed by atoms with van der Waals surface area (Å²) >= 11 is 0. The maximum Gasteiger partial charge on any atom is 0.161 e. The van der Waals surface area contributed by atoms with Gasteiger partial charge in [-0.2, -0.15) is 0 Å². The number of rotatable bonds is 3. The first kappa shape index (κ1) is 10.3. The van der Waals surface area contributed by atoms with E-state index in [1.807, 2.05) is 0 Å². The molecule has 2 nitrogen and oxygen atoms in total. The van der Waals surface area contributed by atoms with Gasteiger partial charge in [0.25, 0.3) is 0 Å². The van der Waals surface area contributed by atoms with Crippen molar-refractivity contribution in [2.24, 2.45) is 5.92 Å². The normalized spacial score (nSPS) is 18.3. The first-order valence-electron chi connectivity index (χ1n) is 5.42. The Balaban J connectivity index is 2.36. The third-order valence-corrected chi connectivity index (χ3v) is 3.29. The second-order valence-electron chi connectivity index (χ2n) is 4.46. The van der Waals surface area contributed by atoms with E-state index in [2.05, 4.69) is 26.0 Å². The van der Waals surface area contributed by atoms with E-state index in [1.54, 1.807) is 14.2 Å². The molecule has 0 fully saturated rings. The lowest BCUT2D eigenvalue weighted by Crippen LogP contribution is -2.22. The molecule has 1 aliphatic carbocycles. The van der Waals surface area contributed by atoms with Gasteiger partial charge in [0.05, 0.1) is 14.2 Å². The smallest absolute Gasteiger partial charge is 0.161 e. The number of methoxy groups -OCH3 is 2. The van der Waals surface area contributed by atoms with Crippen molar-refractivity contribution in [2.45, 2.75) is 26.2 Å². The molecular formula is C13H18O2. The van der Waals surface area contributed by atoms with Crippen LogP contribution in [0.25, 0.3) is 0 Å². The van der Waals surface area contributed by atoms with Crippen LogP contribution in [0.1, 0.15) is 30.9 Å². The fourth-order valence-corrected chi connectivity index (χ4v) is 2.27. The summed E-state index contributed by atoms with van der Waals surface area (Å²) in [7, 11) is 3.37. The molecule has 0 spiro atoms. The van der Waals surface area contributed by atoms with Gasteiger partial charge in [-0.3, -0.25) is 0 Å². The molecule has 0 radical (unpaired) electrons. The molecule has 0 heterocycles. The van der Waals surface area contributed by atoms with Gasteiger partial charge in [0, 0.05) is 0 Å². The molecule has 1 aliphatic rings. The van der Waals surface area contributed by atoms with E-state index >= 15 is 0 Å². The molecule has 0 N–H and O–H groups in total. The Labute approximate surface area is 91.2 Å². The lowest BCUT2D eigenvalue weighted by molar-refractivity contribution is 0.349. The Kier molecular flexibility index (Phi) is 2.59. The van der Waals surface area contributed by atoms with E-state index in [1.165, 1.54) is 17.5 Å². The van der Waals surface area contributed by atoms with Crippen LogP contribution in [0.4, 0.5) is 0 Å². The maximum atomic E-state index is 5.31. The Morgan fingerprint density at radius 1 is 1.13 bits per heavy atom. The number of fused-ring (bicyclic) bond motifs is 1. The van der Waals surface area contributed by atoms with Crippen molar-refractivity contribution in [2.75, 3.05) is 14.2 Å². The fraction of sp³-hybridized carbons (Fsp3) is 0.538. The lowest BCUT2D eigenvalue weighted by atomic mass is 9.71. The zero-order chi connectivity index (χ0) is 11.0. The minimum atomic E-state index is 0.694. The zero-order valence-electron chi connectivity index (χ0n) is 9.83. The van der Waals surface area contributed by atoms with E-state index < -0.39 is 0 Å². The van der Waals surface area contributed by atoms with Crippen LogP contribution in [0.3, 0.4) is 0 Å². The van der Waals surface area contributed by atoms with Gasteiger partial charge in [0.2, 0.25) is 0 Å². The zero-order valence-corrected chi connectivity index (χ0v) is 9.83. The number of hydrogen-bond acceptors (Lipinski definition) is 2. The third kappa shape index (κ3) is 1.58. The van der Waals surface area contributed by atoms with Crippen LogP contribution in [-0.2, 0) is 6.42 Å². The average molecular weight is 206 g/mol. The van der Waals surface area contributed by atoms with E-state index in [0.29, 0.717) is 11.8 Å². The molecule has 15 heavy (non-hydrogen) atoms. The van der Waals surface area contributed by atoms with Crippen molar-refractivity contribution in [1.82, 2.24) is 0 Å². The molecule has 0 aromatic heterocycles. The summed E-state index contributed by atoms with van der Waals surface area (Å²) in [5.41, 5.74) is 2.84. The molecule has 0 aliphatic heterocycles. The molecule has 1 aromatic carbocycles. The first-order valence-corrected chi connectivity index (χ1v) is 5.42. The molecule has 2 heteroatoms. The Hall–Kier alpha value is -1.18. The summed E-state index contributed by atoms with van der Waals surface area (Å²) in [6.07, 6.45) is 1.17. The van der Waals surface area contributed by atoms with E-state index in [-0.39, 0.29) is 0 Å². The Bertz CT molecular complexity index is 369. The molecule has 0 amide bonds. The second kappa shape index (κ2) is 3.76. The van der Waals surface area contributed by atoms with Gasteiger partial charge >= 0.3 is 0 Å². The minimum absolute atomic E-state index is 0.694. The summed E-state index contributed by atoms with van der Waals surface area (Å²) in [6.45, 7) is 4.54. The van der Waals surface area contributed by atoms with Gasteiger partial charge in [-0.15, -0.1) is 0 Å². The van der Waals surface area contributed by atoms with Crippen LogP contribution < -0.4 is 9.47 Å². The van der Waals surface area contributed by atoms with Gasteiger partial charge < -0.3 is 9.47 Å². The molecule has 0 saturated heterocycles. The summed E-state index contributed by atoms with van der Waals surface area (Å²) in [5.74, 6) is 3.09. The Morgan fingerprint density at radius 2 is 1.73 bits per heavy atom. The van der Waals surface area contributed by atoms with E-state index in [9.17, 15) is 0 Å². The monoisotopic (exact) mass is 206 g/mol. The van der Waals surface area contributed by atoms with Crippen LogP contribution in [0.2, 0.25) is 0 Å². The SMILES string of the molecule is COc1cc2c(cc1OC)C(C(C)C)C2. The highest BCUT2D eigenvalue weighted by Crippen LogP contribution is 2.45. The van der Waals surface area contributed by atoms with Crippen molar-refractivity contribution in [3.63, 3.8) is 0 Å². The average Bonchev–Trinajstić information content (AvgIpc) is 2.19. The van der Waals surface area contributed by atoms with E-state index in [4.69, 9.17) is 9.47 Å². The summed E-state index contributed by atoms with van der Waals surface area (Å²) in [6, 6.07) is 4.23. The van der Waals surface area contributed by atoms with Crippen LogP contribution in [0, 0.1) is 5.92 Å². The van der Waals surface area contributed by atoms with Gasteiger partial charge in [0.1, 0.15) is 0 Å². The van der Waals surface area contributed by atoms with Gasteiger partial charge in [-0.05, 0) is 41.5 Å². The molecule has 1 atom stereocenters. The highest BCUT2D eigenvalue weighted by molar-refractivity contribution is 5.53. The van der Waals surface area contributed by atoms with Crippen LogP contribution >= 0.6 is 0 Å². The predicted octanol–water partition coefficient (Wildman–Crippen LogP) is 3.00. The fourth-order valence-electron chi connectivity index (χ4n) is 2.27. The standard InChI is InChI=1S/C13H18O2/c1-8(2)10-5-9-6-12(14-3)13(15-4)7-11(9)10/h6-8,10H,5H2,1-4H3. The molecule has 0 bridgehead atoms. The summed E-state index contributed by atoms with van der Waals surface area (Å²) in [5, 5.41) is 0. The molecule has 82 valence electrons. The van der Waals surface area contributed by atoms with Gasteiger partial charge in [-0.1, -0.05) is 13.8 Å². The van der Waals surface area contributed by atoms with Crippen LogP contribution in [-0.4, -0.2) is 14.2 Å². The highest BCUT2D eigenvalue weighted by atomic mass is 16.5. The maximum absolute atomic E-state index is 5.31. The molecule has 1 aromatic rings. The molecule has 0 saturated carbocycles. The Morgan fingerprint density at radius 3 is 2.27 bits per heavy atom. The summed E-state index contributed by atoms with van der Waals surface area (Å²) < 4.78 is 10.6. The van der Waals surface area contributed by atoms with Crippen molar-refractivity contribution in [3.05, 3.63) is 23.3 Å². The van der Waals surface area contributed by atoms with E-state index in [0.717, 1.165) is 11.5 Å². The quantitative estimate of drug-likeness (QED) is 0.757. The van der Waals surface area contributed by atoms with Gasteiger partial charge in [-0.25, -0.2) is 0 Å². The molecule has 1 unspecified atom stereocenters. The second-order valence-corrected chi connectivity index (χ2v) is 4.46. The lowest BCUT2D eigenvalue weighted by Gasteiger charge is -2.34. The number of hydrogen-bond donors (Lipinski definition) is 0. The highest BCUT2D eigenvalue weighted by Gasteiger charge is 2.30. The summed E-state index contributed by atoms with van der Waals surface area (Å²) in [4.78, 5) is 0. The molecule has 2 rings (SSSR count). The predicted molar refractivity (Wildman–Crippen MR) is 60.8 cm³/mol. The topological polar surface area (TPSA) is 18.5 Å². The van der Waals surface area contributed by atoms with Crippen molar-refractivity contribution in [1.29, 1.82) is 0 Å². The minimum Gasteiger partial charge on any atom is -0.493 e.